The lowest BCUT2D eigenvalue weighted by atomic mass is 10.1. The van der Waals surface area contributed by atoms with Crippen LogP contribution in [0.1, 0.15) is 18.1 Å². The lowest BCUT2D eigenvalue weighted by Crippen LogP contribution is -2.28. The van der Waals surface area contributed by atoms with E-state index in [0.717, 1.165) is 30.3 Å². The van der Waals surface area contributed by atoms with E-state index in [1.165, 1.54) is 6.92 Å². The maximum absolute atomic E-state index is 14.3. The average molecular weight is 522 g/mol. The number of benzene rings is 1. The molecule has 2 atom stereocenters. The van der Waals surface area contributed by atoms with E-state index in [9.17, 15) is 17.6 Å². The maximum Gasteiger partial charge on any atom is 0.416 e. The second-order valence-corrected chi connectivity index (χ2v) is 9.12. The molecule has 1 aromatic carbocycles. The topological polar surface area (TPSA) is 113 Å². The minimum Gasteiger partial charge on any atom is -0.469 e. The fourth-order valence-corrected chi connectivity index (χ4v) is 4.29. The first kappa shape index (κ1) is 25.6. The van der Waals surface area contributed by atoms with Gasteiger partial charge in [0, 0.05) is 48.2 Å². The number of aromatic nitrogens is 3. The number of alkyl halides is 4. The second kappa shape index (κ2) is 10.3. The molecular formula is C23H23F4N7OS. The predicted octanol–water partition coefficient (Wildman–Crippen LogP) is 4.68. The van der Waals surface area contributed by atoms with Gasteiger partial charge in [-0.15, -0.1) is 0 Å². The third kappa shape index (κ3) is 5.85. The van der Waals surface area contributed by atoms with Crippen molar-refractivity contribution in [2.24, 2.45) is 0 Å². The van der Waals surface area contributed by atoms with Crippen molar-refractivity contribution < 1.29 is 22.3 Å². The van der Waals surface area contributed by atoms with Crippen molar-refractivity contribution in [1.82, 2.24) is 19.9 Å². The summed E-state index contributed by atoms with van der Waals surface area (Å²) in [5.41, 5.74) is 6.81. The fourth-order valence-electron chi connectivity index (χ4n) is 3.63. The van der Waals surface area contributed by atoms with Gasteiger partial charge < -0.3 is 20.6 Å². The van der Waals surface area contributed by atoms with Crippen LogP contribution in [0, 0.1) is 5.41 Å². The van der Waals surface area contributed by atoms with Crippen LogP contribution in [0.3, 0.4) is 0 Å². The molecule has 0 amide bonds. The lowest BCUT2D eigenvalue weighted by Gasteiger charge is -2.18. The fraction of sp³-hybridized carbons (Fsp3) is 0.304. The molecule has 4 N–H and O–H groups in total. The van der Waals surface area contributed by atoms with E-state index < -0.39 is 24.0 Å². The number of nitrogens with two attached hydrogens (primary N) is 1. The maximum atomic E-state index is 14.3. The quantitative estimate of drug-likeness (QED) is 0.233. The van der Waals surface area contributed by atoms with Crippen LogP contribution < -0.4 is 15.2 Å². The minimum atomic E-state index is -4.45. The highest BCUT2D eigenvalue weighted by molar-refractivity contribution is 8.00. The van der Waals surface area contributed by atoms with Gasteiger partial charge in [0.15, 0.2) is 12.0 Å². The van der Waals surface area contributed by atoms with Crippen molar-refractivity contribution in [2.45, 2.75) is 30.4 Å². The Morgan fingerprint density at radius 2 is 1.92 bits per heavy atom. The van der Waals surface area contributed by atoms with Gasteiger partial charge in [-0.3, -0.25) is 4.90 Å². The van der Waals surface area contributed by atoms with Crippen LogP contribution in [0.2, 0.25) is 0 Å². The van der Waals surface area contributed by atoms with Crippen LogP contribution in [-0.2, 0) is 6.18 Å². The lowest BCUT2D eigenvalue weighted by molar-refractivity contribution is -0.137. The molecule has 8 nitrogen and oxygen atoms in total. The Bertz CT molecular complexity index is 1260. The Morgan fingerprint density at radius 3 is 2.53 bits per heavy atom. The highest BCUT2D eigenvalue weighted by Gasteiger charge is 2.34. The number of nitrogen functional groups attached to an aromatic ring is 1. The van der Waals surface area contributed by atoms with Crippen molar-refractivity contribution in [1.29, 1.82) is 5.41 Å². The zero-order valence-corrected chi connectivity index (χ0v) is 20.1. The molecule has 1 fully saturated rings. The van der Waals surface area contributed by atoms with Gasteiger partial charge in [-0.2, -0.15) is 18.2 Å². The molecule has 0 radical (unpaired) electrons. The van der Waals surface area contributed by atoms with E-state index in [1.54, 1.807) is 36.2 Å². The summed E-state index contributed by atoms with van der Waals surface area (Å²) in [6.07, 6.45) is -5.30. The summed E-state index contributed by atoms with van der Waals surface area (Å²) in [5, 5.41) is 8.19. The SMILES string of the molecule is CC(=N)c1c(N)nc(-c2ccc(NSc3cc(C(F)(F)F)ccn3)cc2)nc1OC1CN(C)CC1F. The van der Waals surface area contributed by atoms with E-state index >= 15 is 0 Å². The van der Waals surface area contributed by atoms with Crippen LogP contribution in [-0.4, -0.2) is 58.0 Å². The van der Waals surface area contributed by atoms with Crippen molar-refractivity contribution in [3.8, 4) is 17.3 Å². The van der Waals surface area contributed by atoms with Gasteiger partial charge in [0.1, 0.15) is 16.9 Å². The highest BCUT2D eigenvalue weighted by atomic mass is 32.2. The number of halogens is 4. The first-order chi connectivity index (χ1) is 17.0. The minimum absolute atomic E-state index is 0.0395. The number of pyridine rings is 1. The second-order valence-electron chi connectivity index (χ2n) is 8.29. The molecule has 36 heavy (non-hydrogen) atoms. The van der Waals surface area contributed by atoms with E-state index in [2.05, 4.69) is 19.7 Å². The molecule has 13 heteroatoms. The number of likely N-dealkylation sites (N-methyl/N-ethyl adjacent to an activating group) is 1. The number of rotatable bonds is 7. The van der Waals surface area contributed by atoms with E-state index in [1.807, 2.05) is 0 Å². The van der Waals surface area contributed by atoms with Crippen molar-refractivity contribution in [3.05, 3.63) is 53.7 Å². The first-order valence-corrected chi connectivity index (χ1v) is 11.6. The third-order valence-electron chi connectivity index (χ3n) is 5.40. The van der Waals surface area contributed by atoms with Gasteiger partial charge in [0.05, 0.1) is 11.1 Å². The summed E-state index contributed by atoms with van der Waals surface area (Å²) in [7, 11) is 1.79. The van der Waals surface area contributed by atoms with Crippen molar-refractivity contribution >= 4 is 29.2 Å². The summed E-state index contributed by atoms with van der Waals surface area (Å²) in [6.45, 7) is 2.13. The Kier molecular flexibility index (Phi) is 7.31. The number of ether oxygens (including phenoxy) is 1. The summed E-state index contributed by atoms with van der Waals surface area (Å²) >= 11 is 0.938. The molecule has 0 saturated carbocycles. The molecule has 190 valence electrons. The smallest absolute Gasteiger partial charge is 0.416 e. The molecule has 1 aliphatic rings. The summed E-state index contributed by atoms with van der Waals surface area (Å²) < 4.78 is 61.8. The number of anilines is 2. The summed E-state index contributed by atoms with van der Waals surface area (Å²) in [4.78, 5) is 14.4. The number of nitrogens with zero attached hydrogens (tertiary/aromatic N) is 4. The number of likely N-dealkylation sites (tertiary alicyclic amines) is 1. The Balaban J connectivity index is 1.52. The van der Waals surface area contributed by atoms with Crippen LogP contribution in [0.25, 0.3) is 11.4 Å². The zero-order chi connectivity index (χ0) is 26.0. The average Bonchev–Trinajstić information content (AvgIpc) is 3.13. The Hall–Kier alpha value is -3.45. The number of nitrogens with one attached hydrogen (secondary N) is 2. The molecule has 0 bridgehead atoms. The molecule has 2 aromatic heterocycles. The predicted molar refractivity (Wildman–Crippen MR) is 130 cm³/mol. The third-order valence-corrected chi connectivity index (χ3v) is 6.17. The van der Waals surface area contributed by atoms with Crippen molar-refractivity contribution in [3.63, 3.8) is 0 Å². The van der Waals surface area contributed by atoms with Crippen LogP contribution in [0.15, 0.2) is 47.6 Å². The summed E-state index contributed by atoms with van der Waals surface area (Å²) in [6, 6.07) is 8.64. The van der Waals surface area contributed by atoms with Gasteiger partial charge >= 0.3 is 6.18 Å². The van der Waals surface area contributed by atoms with Crippen LogP contribution >= 0.6 is 11.9 Å². The molecule has 1 aliphatic heterocycles. The first-order valence-electron chi connectivity index (χ1n) is 10.8. The van der Waals surface area contributed by atoms with E-state index in [4.69, 9.17) is 15.9 Å². The van der Waals surface area contributed by atoms with Crippen LogP contribution in [0.5, 0.6) is 5.88 Å². The molecule has 1 saturated heterocycles. The van der Waals surface area contributed by atoms with Gasteiger partial charge in [-0.1, -0.05) is 0 Å². The molecule has 3 heterocycles. The van der Waals surface area contributed by atoms with E-state index in [0.29, 0.717) is 17.8 Å². The normalized spacial score (nSPS) is 18.3. The molecule has 2 unspecified atom stereocenters. The highest BCUT2D eigenvalue weighted by Crippen LogP contribution is 2.32. The molecule has 0 spiro atoms. The molecule has 4 rings (SSSR count). The standard InChI is InChI=1S/C23H23F4N7OS/c1-12(28)19-20(29)31-21(32-22(19)35-17-11-34(2)10-16(17)24)13-3-5-15(6-4-13)33-36-18-9-14(7-8-30-18)23(25,26)27/h3-9,16-17,28,33H,10-11H2,1-2H3,(H2,29,31,32). The van der Waals surface area contributed by atoms with Crippen LogP contribution in [0.4, 0.5) is 29.1 Å². The molecule has 0 aliphatic carbocycles. The molecular weight excluding hydrogens is 498 g/mol. The van der Waals surface area contributed by atoms with Gasteiger partial charge in [-0.05, 0) is 50.4 Å². The van der Waals surface area contributed by atoms with Gasteiger partial charge in [0.2, 0.25) is 5.88 Å². The molecule has 3 aromatic rings. The number of hydrogen-bond donors (Lipinski definition) is 3. The van der Waals surface area contributed by atoms with Gasteiger partial charge in [-0.25, -0.2) is 14.4 Å². The Labute approximate surface area is 208 Å². The largest absolute Gasteiger partial charge is 0.469 e. The Morgan fingerprint density at radius 1 is 1.19 bits per heavy atom. The zero-order valence-electron chi connectivity index (χ0n) is 19.3. The monoisotopic (exact) mass is 521 g/mol. The summed E-state index contributed by atoms with van der Waals surface area (Å²) in [5.74, 6) is 0.312. The van der Waals surface area contributed by atoms with E-state index in [-0.39, 0.29) is 40.4 Å². The van der Waals surface area contributed by atoms with Crippen molar-refractivity contribution in [2.75, 3.05) is 30.6 Å². The number of hydrogen-bond acceptors (Lipinski definition) is 9. The van der Waals surface area contributed by atoms with Gasteiger partial charge in [0.25, 0.3) is 0 Å².